The third-order valence-corrected chi connectivity index (χ3v) is 4.06. The Bertz CT molecular complexity index is 781. The number of aliphatic imine (C=N–C) groups is 1. The van der Waals surface area contributed by atoms with Crippen molar-refractivity contribution in [2.24, 2.45) is 4.99 Å². The first-order chi connectivity index (χ1) is 10.1. The van der Waals surface area contributed by atoms with E-state index in [1.165, 1.54) is 0 Å². The fraction of sp³-hybridized carbons (Fsp3) is 0. The summed E-state index contributed by atoms with van der Waals surface area (Å²) in [6.07, 6.45) is 1.71. The van der Waals surface area contributed by atoms with Crippen LogP contribution >= 0.6 is 31.9 Å². The molecule has 21 heavy (non-hydrogen) atoms. The average Bonchev–Trinajstić information content (AvgIpc) is 2.80. The first-order valence-corrected chi connectivity index (χ1v) is 7.75. The first kappa shape index (κ1) is 14.2. The number of carbonyl (C=O) groups excluding carboxylic acids is 1. The Morgan fingerprint density at radius 3 is 2.62 bits per heavy atom. The summed E-state index contributed by atoms with van der Waals surface area (Å²) in [5.74, 6) is -0.130. The highest BCUT2D eigenvalue weighted by Crippen LogP contribution is 2.24. The molecule has 0 spiro atoms. The predicted molar refractivity (Wildman–Crippen MR) is 88.9 cm³/mol. The van der Waals surface area contributed by atoms with Gasteiger partial charge in [-0.05, 0) is 51.8 Å². The molecule has 0 aliphatic carbocycles. The summed E-state index contributed by atoms with van der Waals surface area (Å²) in [7, 11) is 0. The molecule has 0 saturated carbocycles. The van der Waals surface area contributed by atoms with Crippen LogP contribution in [-0.2, 0) is 9.53 Å². The van der Waals surface area contributed by atoms with Gasteiger partial charge in [-0.15, -0.1) is 0 Å². The molecule has 0 saturated heterocycles. The van der Waals surface area contributed by atoms with Crippen molar-refractivity contribution in [3.8, 4) is 0 Å². The van der Waals surface area contributed by atoms with Gasteiger partial charge >= 0.3 is 5.97 Å². The van der Waals surface area contributed by atoms with Gasteiger partial charge in [0.25, 0.3) is 0 Å². The molecule has 1 aliphatic rings. The Balaban J connectivity index is 1.98. The SMILES string of the molecule is O=C1OC(c2ccccc2Br)=NC1=Cc1cccc(Br)c1. The largest absolute Gasteiger partial charge is 0.402 e. The van der Waals surface area contributed by atoms with Crippen molar-refractivity contribution in [1.29, 1.82) is 0 Å². The molecular weight excluding hydrogens is 398 g/mol. The van der Waals surface area contributed by atoms with Crippen molar-refractivity contribution >= 4 is 49.8 Å². The second-order valence-electron chi connectivity index (χ2n) is 4.37. The molecule has 0 radical (unpaired) electrons. The zero-order chi connectivity index (χ0) is 14.8. The number of hydrogen-bond donors (Lipinski definition) is 0. The number of nitrogens with zero attached hydrogens (tertiary/aromatic N) is 1. The van der Waals surface area contributed by atoms with E-state index in [0.717, 1.165) is 20.1 Å². The maximum atomic E-state index is 11.9. The lowest BCUT2D eigenvalue weighted by Gasteiger charge is -2.01. The van der Waals surface area contributed by atoms with E-state index < -0.39 is 5.97 Å². The molecule has 2 aromatic carbocycles. The van der Waals surface area contributed by atoms with Crippen LogP contribution in [-0.4, -0.2) is 11.9 Å². The third-order valence-electron chi connectivity index (χ3n) is 2.88. The minimum atomic E-state index is -0.444. The molecule has 5 heteroatoms. The van der Waals surface area contributed by atoms with E-state index in [1.807, 2.05) is 48.5 Å². The van der Waals surface area contributed by atoms with Crippen molar-refractivity contribution < 1.29 is 9.53 Å². The van der Waals surface area contributed by atoms with Crippen molar-refractivity contribution in [3.63, 3.8) is 0 Å². The number of rotatable bonds is 2. The van der Waals surface area contributed by atoms with E-state index in [4.69, 9.17) is 4.74 Å². The lowest BCUT2D eigenvalue weighted by Crippen LogP contribution is -2.05. The molecule has 0 unspecified atom stereocenters. The monoisotopic (exact) mass is 405 g/mol. The molecule has 0 N–H and O–H groups in total. The van der Waals surface area contributed by atoms with E-state index in [1.54, 1.807) is 6.08 Å². The molecule has 2 aromatic rings. The average molecular weight is 407 g/mol. The summed E-state index contributed by atoms with van der Waals surface area (Å²) in [4.78, 5) is 16.2. The van der Waals surface area contributed by atoms with Crippen LogP contribution in [0.2, 0.25) is 0 Å². The summed E-state index contributed by atoms with van der Waals surface area (Å²) in [5.41, 5.74) is 1.93. The fourth-order valence-corrected chi connectivity index (χ4v) is 2.78. The van der Waals surface area contributed by atoms with Gasteiger partial charge in [-0.3, -0.25) is 0 Å². The van der Waals surface area contributed by atoms with E-state index in [0.29, 0.717) is 11.6 Å². The zero-order valence-corrected chi connectivity index (χ0v) is 13.9. The molecule has 3 rings (SSSR count). The van der Waals surface area contributed by atoms with Gasteiger partial charge in [-0.1, -0.05) is 40.2 Å². The van der Waals surface area contributed by atoms with Crippen molar-refractivity contribution in [2.75, 3.05) is 0 Å². The number of benzene rings is 2. The summed E-state index contributed by atoms with van der Waals surface area (Å²) < 4.78 is 7.02. The minimum Gasteiger partial charge on any atom is -0.402 e. The van der Waals surface area contributed by atoms with Crippen LogP contribution in [0.4, 0.5) is 0 Å². The van der Waals surface area contributed by atoms with E-state index in [-0.39, 0.29) is 0 Å². The highest BCUT2D eigenvalue weighted by molar-refractivity contribution is 9.10. The molecule has 0 bridgehead atoms. The van der Waals surface area contributed by atoms with Gasteiger partial charge in [0.2, 0.25) is 5.90 Å². The fourth-order valence-electron chi connectivity index (χ4n) is 1.91. The van der Waals surface area contributed by atoms with E-state index >= 15 is 0 Å². The zero-order valence-electron chi connectivity index (χ0n) is 10.7. The van der Waals surface area contributed by atoms with Crippen LogP contribution < -0.4 is 0 Å². The molecule has 0 aromatic heterocycles. The van der Waals surface area contributed by atoms with Crippen LogP contribution in [0.25, 0.3) is 6.08 Å². The number of ether oxygens (including phenoxy) is 1. The van der Waals surface area contributed by atoms with Crippen molar-refractivity contribution in [3.05, 3.63) is 74.3 Å². The normalized spacial score (nSPS) is 16.0. The lowest BCUT2D eigenvalue weighted by molar-refractivity contribution is -0.129. The Kier molecular flexibility index (Phi) is 4.03. The van der Waals surface area contributed by atoms with E-state index in [9.17, 15) is 4.79 Å². The van der Waals surface area contributed by atoms with Crippen LogP contribution in [0.15, 0.2) is 68.2 Å². The molecule has 0 fully saturated rings. The van der Waals surface area contributed by atoms with Gasteiger partial charge < -0.3 is 4.74 Å². The summed E-state index contributed by atoms with van der Waals surface area (Å²) in [6.45, 7) is 0. The quantitative estimate of drug-likeness (QED) is 0.541. The molecule has 0 atom stereocenters. The van der Waals surface area contributed by atoms with Crippen molar-refractivity contribution in [1.82, 2.24) is 0 Å². The molecule has 1 aliphatic heterocycles. The number of carbonyl (C=O) groups is 1. The van der Waals surface area contributed by atoms with Gasteiger partial charge in [0.15, 0.2) is 5.70 Å². The van der Waals surface area contributed by atoms with E-state index in [2.05, 4.69) is 36.9 Å². The highest BCUT2D eigenvalue weighted by Gasteiger charge is 2.25. The third kappa shape index (κ3) is 3.14. The Hall–Kier alpha value is -1.72. The van der Waals surface area contributed by atoms with Crippen LogP contribution in [0.5, 0.6) is 0 Å². The van der Waals surface area contributed by atoms with Gasteiger partial charge in [-0.25, -0.2) is 9.79 Å². The number of esters is 1. The second kappa shape index (κ2) is 5.95. The number of cyclic esters (lactones) is 1. The first-order valence-electron chi connectivity index (χ1n) is 6.16. The summed E-state index contributed by atoms with van der Waals surface area (Å²) >= 11 is 6.82. The Morgan fingerprint density at radius 2 is 1.86 bits per heavy atom. The standard InChI is InChI=1S/C16H9Br2NO2/c17-11-5-3-4-10(8-11)9-14-16(20)21-15(19-14)12-6-1-2-7-13(12)18/h1-9H. The molecule has 1 heterocycles. The molecule has 3 nitrogen and oxygen atoms in total. The van der Waals surface area contributed by atoms with Crippen molar-refractivity contribution in [2.45, 2.75) is 0 Å². The topological polar surface area (TPSA) is 38.7 Å². The summed E-state index contributed by atoms with van der Waals surface area (Å²) in [5, 5.41) is 0. The summed E-state index contributed by atoms with van der Waals surface area (Å²) in [6, 6.07) is 15.1. The maximum Gasteiger partial charge on any atom is 0.363 e. The van der Waals surface area contributed by atoms with Crippen LogP contribution in [0, 0.1) is 0 Å². The lowest BCUT2D eigenvalue weighted by atomic mass is 10.2. The second-order valence-corrected chi connectivity index (χ2v) is 6.14. The van der Waals surface area contributed by atoms with Gasteiger partial charge in [0.1, 0.15) is 0 Å². The Morgan fingerprint density at radius 1 is 1.05 bits per heavy atom. The van der Waals surface area contributed by atoms with Crippen LogP contribution in [0.1, 0.15) is 11.1 Å². The van der Waals surface area contributed by atoms with Crippen LogP contribution in [0.3, 0.4) is 0 Å². The predicted octanol–water partition coefficient (Wildman–Crippen LogP) is 4.56. The molecule has 104 valence electrons. The highest BCUT2D eigenvalue weighted by atomic mass is 79.9. The maximum absolute atomic E-state index is 11.9. The molecular formula is C16H9Br2NO2. The molecule has 0 amide bonds. The number of halogens is 2. The van der Waals surface area contributed by atoms with Gasteiger partial charge in [0.05, 0.1) is 5.56 Å². The Labute approximate surface area is 138 Å². The number of hydrogen-bond acceptors (Lipinski definition) is 3. The smallest absolute Gasteiger partial charge is 0.363 e. The minimum absolute atomic E-state index is 0.291. The van der Waals surface area contributed by atoms with Gasteiger partial charge in [-0.2, -0.15) is 0 Å². The van der Waals surface area contributed by atoms with Gasteiger partial charge in [0, 0.05) is 8.95 Å².